The van der Waals surface area contributed by atoms with Crippen molar-refractivity contribution >= 4 is 17.8 Å². The van der Waals surface area contributed by atoms with Crippen LogP contribution in [0.5, 0.6) is 0 Å². The van der Waals surface area contributed by atoms with E-state index in [0.717, 1.165) is 25.6 Å². The Kier molecular flexibility index (Phi) is 3.49. The molecule has 110 valence electrons. The molecule has 21 heavy (non-hydrogen) atoms. The fourth-order valence-corrected chi connectivity index (χ4v) is 3.72. The van der Waals surface area contributed by atoms with E-state index in [-0.39, 0.29) is 17.0 Å². The highest BCUT2D eigenvalue weighted by Crippen LogP contribution is 2.55. The summed E-state index contributed by atoms with van der Waals surface area (Å²) in [5.74, 6) is 5.35. The summed E-state index contributed by atoms with van der Waals surface area (Å²) < 4.78 is 0. The maximum atomic E-state index is 12.4. The molecule has 1 aliphatic carbocycles. The van der Waals surface area contributed by atoms with Crippen LogP contribution >= 0.6 is 0 Å². The lowest BCUT2D eigenvalue weighted by molar-refractivity contribution is -0.123. The fraction of sp³-hybridized carbons (Fsp3) is 0.438. The fourth-order valence-electron chi connectivity index (χ4n) is 3.72. The Morgan fingerprint density at radius 2 is 2.10 bits per heavy atom. The summed E-state index contributed by atoms with van der Waals surface area (Å²) in [6, 6.07) is 10.4. The van der Waals surface area contributed by atoms with E-state index < -0.39 is 0 Å². The average molecular weight is 284 g/mol. The van der Waals surface area contributed by atoms with Crippen molar-refractivity contribution in [3.8, 4) is 0 Å². The van der Waals surface area contributed by atoms with Gasteiger partial charge in [0.25, 0.3) is 5.91 Å². The van der Waals surface area contributed by atoms with E-state index in [1.807, 2.05) is 11.0 Å². The third-order valence-electron chi connectivity index (χ3n) is 4.98. The van der Waals surface area contributed by atoms with Gasteiger partial charge in [-0.2, -0.15) is 5.10 Å². The highest BCUT2D eigenvalue weighted by Gasteiger charge is 2.52. The lowest BCUT2D eigenvalue weighted by Gasteiger charge is -2.43. The zero-order chi connectivity index (χ0) is 14.9. The molecule has 1 saturated heterocycles. The molecular weight excluding hydrogens is 264 g/mol. The molecule has 5 nitrogen and oxygen atoms in total. The highest BCUT2D eigenvalue weighted by molar-refractivity contribution is 6.60. The summed E-state index contributed by atoms with van der Waals surface area (Å²) in [4.78, 5) is 14.2. The van der Waals surface area contributed by atoms with Gasteiger partial charge in [-0.15, -0.1) is 0 Å². The Morgan fingerprint density at radius 3 is 2.62 bits per heavy atom. The second kappa shape index (κ2) is 5.31. The number of rotatable bonds is 3. The largest absolute Gasteiger partial charge is 0.336 e. The molecule has 1 aromatic rings. The van der Waals surface area contributed by atoms with E-state index in [4.69, 9.17) is 11.3 Å². The summed E-state index contributed by atoms with van der Waals surface area (Å²) in [6.07, 6.45) is 4.49. The molecule has 1 saturated carbocycles. The van der Waals surface area contributed by atoms with Crippen LogP contribution in [0.25, 0.3) is 0 Å². The molecule has 1 atom stereocenters. The van der Waals surface area contributed by atoms with Crippen molar-refractivity contribution in [1.82, 2.24) is 4.90 Å². The van der Waals surface area contributed by atoms with Crippen LogP contribution in [-0.2, 0) is 4.79 Å². The first kappa shape index (κ1) is 13.8. The summed E-state index contributed by atoms with van der Waals surface area (Å²) in [5, 5.41) is 10.7. The molecule has 0 radical (unpaired) electrons. The van der Waals surface area contributed by atoms with E-state index >= 15 is 0 Å². The van der Waals surface area contributed by atoms with Gasteiger partial charge in [-0.1, -0.05) is 36.8 Å². The van der Waals surface area contributed by atoms with Crippen LogP contribution in [0.3, 0.4) is 0 Å². The summed E-state index contributed by atoms with van der Waals surface area (Å²) in [7, 11) is 0. The maximum Gasteiger partial charge on any atom is 0.275 e. The lowest BCUT2D eigenvalue weighted by Crippen LogP contribution is -2.40. The molecule has 1 spiro atoms. The van der Waals surface area contributed by atoms with Gasteiger partial charge in [0.2, 0.25) is 0 Å². The number of hydrogen-bond donors (Lipinski definition) is 2. The minimum absolute atomic E-state index is 0.0261. The maximum absolute atomic E-state index is 12.4. The van der Waals surface area contributed by atoms with Crippen molar-refractivity contribution in [1.29, 1.82) is 5.41 Å². The average Bonchev–Trinajstić information content (AvgIpc) is 2.90. The number of hydrogen-bond acceptors (Lipinski definition) is 4. The predicted molar refractivity (Wildman–Crippen MR) is 82.5 cm³/mol. The molecule has 1 heterocycles. The Bertz CT molecular complexity index is 577. The van der Waals surface area contributed by atoms with Gasteiger partial charge in [-0.3, -0.25) is 4.79 Å². The van der Waals surface area contributed by atoms with E-state index in [9.17, 15) is 4.79 Å². The van der Waals surface area contributed by atoms with Crippen molar-refractivity contribution < 1.29 is 4.79 Å². The third-order valence-corrected chi connectivity index (χ3v) is 4.98. The molecule has 1 aliphatic heterocycles. The number of nitrogens with two attached hydrogens (primary N) is 1. The van der Waals surface area contributed by atoms with Gasteiger partial charge in [0.1, 0.15) is 0 Å². The molecule has 2 aliphatic rings. The Labute approximate surface area is 124 Å². The Balaban J connectivity index is 1.86. The smallest absolute Gasteiger partial charge is 0.275 e. The van der Waals surface area contributed by atoms with E-state index in [1.54, 1.807) is 0 Å². The lowest BCUT2D eigenvalue weighted by atomic mass is 9.61. The minimum Gasteiger partial charge on any atom is -0.336 e. The van der Waals surface area contributed by atoms with Crippen molar-refractivity contribution in [3.05, 3.63) is 35.9 Å². The number of nitrogens with zero attached hydrogens (tertiary/aromatic N) is 2. The summed E-state index contributed by atoms with van der Waals surface area (Å²) >= 11 is 0. The first-order chi connectivity index (χ1) is 10.2. The highest BCUT2D eigenvalue weighted by atomic mass is 16.2. The van der Waals surface area contributed by atoms with Gasteiger partial charge in [0.15, 0.2) is 5.71 Å². The van der Waals surface area contributed by atoms with Crippen LogP contribution in [0.4, 0.5) is 0 Å². The normalized spacial score (nSPS) is 23.9. The molecule has 3 N–H and O–H groups in total. The Hall–Kier alpha value is -2.17. The molecule has 2 fully saturated rings. The number of amides is 1. The molecule has 5 heteroatoms. The van der Waals surface area contributed by atoms with Gasteiger partial charge >= 0.3 is 0 Å². The molecule has 1 amide bonds. The van der Waals surface area contributed by atoms with Crippen molar-refractivity contribution in [2.24, 2.45) is 16.4 Å². The van der Waals surface area contributed by atoms with Crippen LogP contribution in [0.2, 0.25) is 0 Å². The molecule has 0 bridgehead atoms. The number of nitrogens with one attached hydrogen (secondary N) is 1. The summed E-state index contributed by atoms with van der Waals surface area (Å²) in [6.45, 7) is 1.44. The van der Waals surface area contributed by atoms with Gasteiger partial charge in [0.05, 0.1) is 6.21 Å². The van der Waals surface area contributed by atoms with Gasteiger partial charge in [0, 0.05) is 19.0 Å². The van der Waals surface area contributed by atoms with E-state index in [1.165, 1.54) is 12.0 Å². The standard InChI is InChI=1S/C16H20N4O/c17-9-14(19-18)15(21)20-10-13(12-5-2-1-3-6-12)16(11-20)7-4-8-16/h1-3,5-6,9,13,17H,4,7-8,10-11,18H2/b17-9?,19-14+/t13-/m0/s1. The zero-order valence-electron chi connectivity index (χ0n) is 12.0. The van der Waals surface area contributed by atoms with E-state index in [0.29, 0.717) is 12.5 Å². The number of carbonyl (C=O) groups is 1. The monoisotopic (exact) mass is 284 g/mol. The zero-order valence-corrected chi connectivity index (χ0v) is 12.0. The first-order valence-electron chi connectivity index (χ1n) is 7.33. The number of hydrazone groups is 1. The van der Waals surface area contributed by atoms with Gasteiger partial charge in [-0.25, -0.2) is 0 Å². The predicted octanol–water partition coefficient (Wildman–Crippen LogP) is 1.75. The van der Waals surface area contributed by atoms with Crippen molar-refractivity contribution in [2.75, 3.05) is 13.1 Å². The summed E-state index contributed by atoms with van der Waals surface area (Å²) in [5.41, 5.74) is 1.53. The van der Waals surface area contributed by atoms with Crippen molar-refractivity contribution in [3.63, 3.8) is 0 Å². The van der Waals surface area contributed by atoms with Gasteiger partial charge in [-0.05, 0) is 23.8 Å². The second-order valence-corrected chi connectivity index (χ2v) is 6.02. The molecule has 0 unspecified atom stereocenters. The molecule has 3 rings (SSSR count). The minimum atomic E-state index is -0.225. The quantitative estimate of drug-likeness (QED) is 0.503. The van der Waals surface area contributed by atoms with Crippen LogP contribution in [0.15, 0.2) is 35.4 Å². The van der Waals surface area contributed by atoms with Crippen LogP contribution < -0.4 is 5.84 Å². The van der Waals surface area contributed by atoms with Crippen molar-refractivity contribution in [2.45, 2.75) is 25.2 Å². The Morgan fingerprint density at radius 1 is 1.38 bits per heavy atom. The number of carbonyl (C=O) groups excluding carboxylic acids is 1. The third kappa shape index (κ3) is 2.22. The van der Waals surface area contributed by atoms with Crippen LogP contribution in [-0.4, -0.2) is 35.8 Å². The number of benzene rings is 1. The molecule has 0 aromatic heterocycles. The van der Waals surface area contributed by atoms with Crippen LogP contribution in [0, 0.1) is 10.8 Å². The number of likely N-dealkylation sites (tertiary alicyclic amines) is 1. The first-order valence-corrected chi connectivity index (χ1v) is 7.33. The van der Waals surface area contributed by atoms with Crippen LogP contribution in [0.1, 0.15) is 30.7 Å². The van der Waals surface area contributed by atoms with Gasteiger partial charge < -0.3 is 16.2 Å². The van der Waals surface area contributed by atoms with E-state index in [2.05, 4.69) is 29.4 Å². The topological polar surface area (TPSA) is 82.5 Å². The SMILES string of the molecule is N=C/C(=N\N)C(=O)N1C[C@@H](c2ccccc2)C2(CCC2)C1. The molecule has 1 aromatic carbocycles. The second-order valence-electron chi connectivity index (χ2n) is 6.02. The molecular formula is C16H20N4O.